The molecule has 1 N–H and O–H groups in total. The van der Waals surface area contributed by atoms with Gasteiger partial charge in [-0.05, 0) is 24.7 Å². The molecule has 1 heteroatoms. The van der Waals surface area contributed by atoms with Gasteiger partial charge in [0.25, 0.3) is 0 Å². The summed E-state index contributed by atoms with van der Waals surface area (Å²) < 4.78 is 0. The van der Waals surface area contributed by atoms with Crippen molar-refractivity contribution in [3.63, 3.8) is 0 Å². The van der Waals surface area contributed by atoms with Crippen LogP contribution in [0, 0.1) is 18.4 Å². The molecule has 1 nitrogen and oxygen atoms in total. The molecule has 0 atom stereocenters. The molecule has 0 unspecified atom stereocenters. The third-order valence-corrected chi connectivity index (χ3v) is 2.68. The minimum atomic E-state index is 0.503. The van der Waals surface area contributed by atoms with Gasteiger partial charge >= 0.3 is 0 Å². The second-order valence-electron chi connectivity index (χ2n) is 3.34. The van der Waals surface area contributed by atoms with Crippen molar-refractivity contribution in [2.24, 2.45) is 11.8 Å². The maximum absolute atomic E-state index is 8.72. The van der Waals surface area contributed by atoms with Crippen LogP contribution < -0.4 is 0 Å². The highest BCUT2D eigenvalue weighted by Gasteiger charge is 2.18. The summed E-state index contributed by atoms with van der Waals surface area (Å²) in [6.07, 6.45) is 6.36. The summed E-state index contributed by atoms with van der Waals surface area (Å²) in [6.45, 7) is 3.64. The molecule has 1 rings (SSSR count). The van der Waals surface area contributed by atoms with Gasteiger partial charge in [-0.3, -0.25) is 0 Å². The molecular weight excluding hydrogens is 124 g/mol. The fraction of sp³-hybridized carbons (Fsp3) is 0.889. The van der Waals surface area contributed by atoms with Crippen molar-refractivity contribution < 1.29 is 5.11 Å². The van der Waals surface area contributed by atoms with Crippen LogP contribution in [0.1, 0.15) is 39.0 Å². The van der Waals surface area contributed by atoms with Crippen molar-refractivity contribution in [3.8, 4) is 0 Å². The Morgan fingerprint density at radius 1 is 1.30 bits per heavy atom. The van der Waals surface area contributed by atoms with Crippen LogP contribution >= 0.6 is 0 Å². The number of aliphatic hydroxyl groups is 1. The van der Waals surface area contributed by atoms with Crippen LogP contribution in [-0.4, -0.2) is 5.11 Å². The van der Waals surface area contributed by atoms with Gasteiger partial charge in [0.15, 0.2) is 0 Å². The van der Waals surface area contributed by atoms with Crippen LogP contribution in [0.2, 0.25) is 0 Å². The van der Waals surface area contributed by atoms with Gasteiger partial charge in [-0.1, -0.05) is 26.2 Å². The molecule has 0 amide bonds. The van der Waals surface area contributed by atoms with Crippen molar-refractivity contribution in [2.75, 3.05) is 0 Å². The third kappa shape index (κ3) is 1.98. The minimum absolute atomic E-state index is 0.503. The van der Waals surface area contributed by atoms with E-state index >= 15 is 0 Å². The van der Waals surface area contributed by atoms with E-state index in [1.165, 1.54) is 38.7 Å². The van der Waals surface area contributed by atoms with E-state index in [1.807, 2.05) is 0 Å². The van der Waals surface area contributed by atoms with Crippen LogP contribution in [0.4, 0.5) is 0 Å². The molecule has 0 spiro atoms. The van der Waals surface area contributed by atoms with Crippen LogP contribution in [0.15, 0.2) is 0 Å². The Morgan fingerprint density at radius 2 is 1.90 bits per heavy atom. The van der Waals surface area contributed by atoms with Gasteiger partial charge in [0, 0.05) is 0 Å². The molecule has 1 saturated carbocycles. The second-order valence-corrected chi connectivity index (χ2v) is 3.34. The lowest BCUT2D eigenvalue weighted by Crippen LogP contribution is -2.13. The van der Waals surface area contributed by atoms with Gasteiger partial charge in [0.2, 0.25) is 0 Å². The average molecular weight is 141 g/mol. The predicted octanol–water partition coefficient (Wildman–Crippen LogP) is 2.74. The SMILES string of the molecule is CCC1CCC([CH]O)CC1. The Bertz CT molecular complexity index is 70.7. The first-order valence-electron chi connectivity index (χ1n) is 4.34. The summed E-state index contributed by atoms with van der Waals surface area (Å²) in [7, 11) is 0. The molecule has 0 aliphatic heterocycles. The van der Waals surface area contributed by atoms with Gasteiger partial charge in [0.1, 0.15) is 0 Å². The third-order valence-electron chi connectivity index (χ3n) is 2.68. The van der Waals surface area contributed by atoms with Gasteiger partial charge in [0.05, 0.1) is 6.61 Å². The molecule has 1 fully saturated rings. The number of hydrogen-bond donors (Lipinski definition) is 1. The van der Waals surface area contributed by atoms with E-state index in [0.29, 0.717) is 5.92 Å². The molecule has 0 saturated heterocycles. The van der Waals surface area contributed by atoms with Crippen molar-refractivity contribution in [1.82, 2.24) is 0 Å². The first kappa shape index (κ1) is 8.06. The van der Waals surface area contributed by atoms with Crippen molar-refractivity contribution in [2.45, 2.75) is 39.0 Å². The van der Waals surface area contributed by atoms with Gasteiger partial charge in [-0.25, -0.2) is 0 Å². The highest BCUT2D eigenvalue weighted by molar-refractivity contribution is 4.75. The van der Waals surface area contributed by atoms with Crippen LogP contribution in [-0.2, 0) is 0 Å². The molecule has 0 bridgehead atoms. The van der Waals surface area contributed by atoms with E-state index in [9.17, 15) is 0 Å². The Morgan fingerprint density at radius 3 is 2.30 bits per heavy atom. The zero-order valence-electron chi connectivity index (χ0n) is 6.71. The molecule has 1 radical (unpaired) electrons. The second kappa shape index (κ2) is 3.97. The summed E-state index contributed by atoms with van der Waals surface area (Å²) >= 11 is 0. The van der Waals surface area contributed by atoms with Crippen molar-refractivity contribution in [3.05, 3.63) is 6.61 Å². The Hall–Kier alpha value is -0.0400. The van der Waals surface area contributed by atoms with Gasteiger partial charge in [-0.15, -0.1) is 0 Å². The van der Waals surface area contributed by atoms with E-state index in [2.05, 4.69) is 6.92 Å². The lowest BCUT2D eigenvalue weighted by Gasteiger charge is -2.25. The van der Waals surface area contributed by atoms with Crippen LogP contribution in [0.25, 0.3) is 0 Å². The lowest BCUT2D eigenvalue weighted by molar-refractivity contribution is 0.223. The quantitative estimate of drug-likeness (QED) is 0.627. The van der Waals surface area contributed by atoms with Crippen molar-refractivity contribution >= 4 is 0 Å². The van der Waals surface area contributed by atoms with E-state index in [1.54, 1.807) is 0 Å². The summed E-state index contributed by atoms with van der Waals surface area (Å²) in [5, 5.41) is 8.72. The fourth-order valence-electron chi connectivity index (χ4n) is 1.75. The van der Waals surface area contributed by atoms with Crippen LogP contribution in [0.5, 0.6) is 0 Å². The lowest BCUT2D eigenvalue weighted by atomic mass is 9.81. The smallest absolute Gasteiger partial charge is 0.0829 e. The number of hydrogen-bond acceptors (Lipinski definition) is 1. The zero-order chi connectivity index (χ0) is 7.40. The summed E-state index contributed by atoms with van der Waals surface area (Å²) in [4.78, 5) is 0. The minimum Gasteiger partial charge on any atom is -0.390 e. The zero-order valence-corrected chi connectivity index (χ0v) is 6.71. The average Bonchev–Trinajstić information content (AvgIpc) is 2.05. The molecule has 59 valence electrons. The largest absolute Gasteiger partial charge is 0.390 e. The summed E-state index contributed by atoms with van der Waals surface area (Å²) in [5.41, 5.74) is 0. The highest BCUT2D eigenvalue weighted by Crippen LogP contribution is 2.31. The van der Waals surface area contributed by atoms with E-state index in [4.69, 9.17) is 5.11 Å². The normalized spacial score (nSPS) is 34.2. The molecule has 0 aromatic carbocycles. The maximum Gasteiger partial charge on any atom is 0.0829 e. The molecule has 10 heavy (non-hydrogen) atoms. The van der Waals surface area contributed by atoms with Gasteiger partial charge in [-0.2, -0.15) is 0 Å². The topological polar surface area (TPSA) is 20.2 Å². The predicted molar refractivity (Wildman–Crippen MR) is 42.0 cm³/mol. The van der Waals surface area contributed by atoms with Gasteiger partial charge < -0.3 is 5.11 Å². The monoisotopic (exact) mass is 141 g/mol. The van der Waals surface area contributed by atoms with Crippen molar-refractivity contribution in [1.29, 1.82) is 0 Å². The van der Waals surface area contributed by atoms with E-state index < -0.39 is 0 Å². The standard InChI is InChI=1S/C9H17O/c1-2-8-3-5-9(7-10)6-4-8/h7-10H,2-6H2,1H3. The molecular formula is C9H17O. The fourth-order valence-corrected chi connectivity index (χ4v) is 1.75. The summed E-state index contributed by atoms with van der Waals surface area (Å²) in [5.74, 6) is 1.44. The van der Waals surface area contributed by atoms with Crippen LogP contribution in [0.3, 0.4) is 0 Å². The first-order chi connectivity index (χ1) is 4.86. The molecule has 0 aromatic rings. The molecule has 0 heterocycles. The maximum atomic E-state index is 8.72. The Kier molecular flexibility index (Phi) is 3.20. The molecule has 1 aliphatic rings. The van der Waals surface area contributed by atoms with E-state index in [0.717, 1.165) is 5.92 Å². The Balaban J connectivity index is 2.17. The Labute approximate surface area is 63.4 Å². The highest BCUT2D eigenvalue weighted by atomic mass is 16.3. The van der Waals surface area contributed by atoms with E-state index in [-0.39, 0.29) is 0 Å². The summed E-state index contributed by atoms with van der Waals surface area (Å²) in [6, 6.07) is 0. The number of rotatable bonds is 2. The molecule has 0 aromatic heterocycles. The number of aliphatic hydroxyl groups excluding tert-OH is 1. The molecule has 1 aliphatic carbocycles. The first-order valence-corrected chi connectivity index (χ1v) is 4.34.